The summed E-state index contributed by atoms with van der Waals surface area (Å²) in [7, 11) is 0. The van der Waals surface area contributed by atoms with E-state index >= 15 is 0 Å². The summed E-state index contributed by atoms with van der Waals surface area (Å²) in [6.45, 7) is 11.7. The molecule has 2 heterocycles. The lowest BCUT2D eigenvalue weighted by molar-refractivity contribution is 0.761. The predicted octanol–water partition coefficient (Wildman–Crippen LogP) is 4.64. The van der Waals surface area contributed by atoms with Crippen LogP contribution in [0.15, 0.2) is 48.8 Å². The summed E-state index contributed by atoms with van der Waals surface area (Å²) in [5.41, 5.74) is 6.44. The smallest absolute Gasteiger partial charge is 0.187 e. The minimum atomic E-state index is 0.615. The van der Waals surface area contributed by atoms with E-state index in [-0.39, 0.29) is 0 Å². The van der Waals surface area contributed by atoms with E-state index in [0.29, 0.717) is 17.9 Å². The van der Waals surface area contributed by atoms with Crippen molar-refractivity contribution in [2.45, 2.75) is 20.4 Å². The van der Waals surface area contributed by atoms with Crippen molar-refractivity contribution in [1.29, 1.82) is 5.26 Å². The first kappa shape index (κ1) is 15.5. The Morgan fingerprint density at radius 1 is 1.21 bits per heavy atom. The van der Waals surface area contributed by atoms with Gasteiger partial charge in [0.05, 0.1) is 13.1 Å². The van der Waals surface area contributed by atoms with Crippen LogP contribution in [-0.4, -0.2) is 9.55 Å². The third-order valence-electron chi connectivity index (χ3n) is 4.22. The Morgan fingerprint density at radius 3 is 2.54 bits per heavy atom. The molecule has 0 saturated heterocycles. The molecule has 0 bridgehead atoms. The van der Waals surface area contributed by atoms with Gasteiger partial charge in [0.15, 0.2) is 5.69 Å². The third kappa shape index (κ3) is 2.66. The highest BCUT2D eigenvalue weighted by atomic mass is 15.0. The summed E-state index contributed by atoms with van der Waals surface area (Å²) in [6.07, 6.45) is 3.56. The van der Waals surface area contributed by atoms with Crippen molar-refractivity contribution in [2.75, 3.05) is 0 Å². The van der Waals surface area contributed by atoms with Gasteiger partial charge >= 0.3 is 0 Å². The number of nitrogens with zero attached hydrogens (tertiary/aromatic N) is 4. The molecule has 0 aliphatic rings. The molecule has 0 aliphatic heterocycles. The van der Waals surface area contributed by atoms with Gasteiger partial charge in [-0.15, -0.1) is 0 Å². The highest BCUT2D eigenvalue weighted by Gasteiger charge is 2.18. The first-order valence-electron chi connectivity index (χ1n) is 7.62. The fourth-order valence-corrected chi connectivity index (χ4v) is 3.04. The van der Waals surface area contributed by atoms with Gasteiger partial charge in [-0.05, 0) is 36.6 Å². The van der Waals surface area contributed by atoms with Crippen LogP contribution in [0.4, 0.5) is 5.69 Å². The van der Waals surface area contributed by atoms with Crippen molar-refractivity contribution < 1.29 is 0 Å². The number of hydrogen-bond donors (Lipinski definition) is 0. The van der Waals surface area contributed by atoms with Crippen LogP contribution < -0.4 is 0 Å². The van der Waals surface area contributed by atoms with E-state index in [2.05, 4.69) is 15.9 Å². The van der Waals surface area contributed by atoms with Gasteiger partial charge in [-0.3, -0.25) is 4.98 Å². The standard InChI is InChI=1S/C20H16N4/c1-14-19(11-21)24(13-16-5-4-10-23-12-16)15(2)20(14)17-6-8-18(22-3)9-7-17/h4-10,12H,13H2,1-2H3. The average molecular weight is 312 g/mol. The molecule has 0 fully saturated rings. The molecular weight excluding hydrogens is 296 g/mol. The lowest BCUT2D eigenvalue weighted by atomic mass is 10.0. The Morgan fingerprint density at radius 2 is 1.96 bits per heavy atom. The molecule has 2 aromatic heterocycles. The minimum absolute atomic E-state index is 0.615. The third-order valence-corrected chi connectivity index (χ3v) is 4.22. The fraction of sp³-hybridized carbons (Fsp3) is 0.150. The molecule has 0 radical (unpaired) electrons. The Labute approximate surface area is 141 Å². The number of pyridine rings is 1. The summed E-state index contributed by atoms with van der Waals surface area (Å²) in [6, 6.07) is 13.7. The lowest BCUT2D eigenvalue weighted by Crippen LogP contribution is -2.05. The van der Waals surface area contributed by atoms with Gasteiger partial charge in [-0.1, -0.05) is 30.3 Å². The molecule has 4 nitrogen and oxygen atoms in total. The van der Waals surface area contributed by atoms with E-state index in [1.54, 1.807) is 6.20 Å². The van der Waals surface area contributed by atoms with E-state index in [9.17, 15) is 5.26 Å². The van der Waals surface area contributed by atoms with Crippen LogP contribution in [0.25, 0.3) is 16.0 Å². The first-order valence-corrected chi connectivity index (χ1v) is 7.62. The number of hydrogen-bond acceptors (Lipinski definition) is 2. The van der Waals surface area contributed by atoms with Crippen LogP contribution in [-0.2, 0) is 6.54 Å². The van der Waals surface area contributed by atoms with Gasteiger partial charge in [-0.2, -0.15) is 5.26 Å². The second-order valence-corrected chi connectivity index (χ2v) is 5.65. The fourth-order valence-electron chi connectivity index (χ4n) is 3.04. The number of benzene rings is 1. The molecule has 1 aromatic carbocycles. The van der Waals surface area contributed by atoms with Crippen molar-refractivity contribution in [3.63, 3.8) is 0 Å². The zero-order valence-corrected chi connectivity index (χ0v) is 13.6. The molecule has 116 valence electrons. The summed E-state index contributed by atoms with van der Waals surface area (Å²) in [4.78, 5) is 7.58. The van der Waals surface area contributed by atoms with Crippen molar-refractivity contribution in [1.82, 2.24) is 9.55 Å². The second-order valence-electron chi connectivity index (χ2n) is 5.65. The molecule has 0 spiro atoms. The number of nitriles is 1. The maximum absolute atomic E-state index is 9.62. The first-order chi connectivity index (χ1) is 11.7. The highest BCUT2D eigenvalue weighted by molar-refractivity contribution is 5.74. The summed E-state index contributed by atoms with van der Waals surface area (Å²) in [5, 5.41) is 9.62. The molecule has 0 N–H and O–H groups in total. The summed E-state index contributed by atoms with van der Waals surface area (Å²) >= 11 is 0. The summed E-state index contributed by atoms with van der Waals surface area (Å²) < 4.78 is 2.03. The monoisotopic (exact) mass is 312 g/mol. The van der Waals surface area contributed by atoms with Gasteiger partial charge in [0.1, 0.15) is 11.8 Å². The molecule has 0 aliphatic carbocycles. The Hall–Kier alpha value is -3.37. The SMILES string of the molecule is [C-]#[N+]c1ccc(-c2c(C)c(C#N)n(Cc3cccnc3)c2C)cc1. The minimum Gasteiger partial charge on any atom is -0.332 e. The van der Waals surface area contributed by atoms with E-state index in [1.165, 1.54) is 0 Å². The van der Waals surface area contributed by atoms with Crippen molar-refractivity contribution >= 4 is 5.69 Å². The van der Waals surface area contributed by atoms with E-state index in [0.717, 1.165) is 27.9 Å². The normalized spacial score (nSPS) is 10.2. The van der Waals surface area contributed by atoms with E-state index in [1.807, 2.05) is 61.0 Å². The predicted molar refractivity (Wildman–Crippen MR) is 93.7 cm³/mol. The Bertz CT molecular complexity index is 952. The van der Waals surface area contributed by atoms with Crippen molar-refractivity contribution in [2.24, 2.45) is 0 Å². The van der Waals surface area contributed by atoms with Gasteiger partial charge in [0, 0.05) is 23.7 Å². The van der Waals surface area contributed by atoms with Crippen LogP contribution in [0.2, 0.25) is 0 Å². The highest BCUT2D eigenvalue weighted by Crippen LogP contribution is 2.33. The van der Waals surface area contributed by atoms with Gasteiger partial charge in [0.25, 0.3) is 0 Å². The van der Waals surface area contributed by atoms with Crippen LogP contribution in [0.5, 0.6) is 0 Å². The molecular formula is C20H16N4. The Kier molecular flexibility index (Phi) is 4.14. The summed E-state index contributed by atoms with van der Waals surface area (Å²) in [5.74, 6) is 0. The van der Waals surface area contributed by atoms with Crippen molar-refractivity contribution in [3.8, 4) is 17.2 Å². The molecule has 24 heavy (non-hydrogen) atoms. The van der Waals surface area contributed by atoms with Crippen LogP contribution >= 0.6 is 0 Å². The second kappa shape index (κ2) is 6.40. The maximum Gasteiger partial charge on any atom is 0.187 e. The maximum atomic E-state index is 9.62. The Balaban J connectivity index is 2.11. The number of rotatable bonds is 3. The lowest BCUT2D eigenvalue weighted by Gasteiger charge is -2.09. The van der Waals surface area contributed by atoms with Gasteiger partial charge in [0.2, 0.25) is 0 Å². The van der Waals surface area contributed by atoms with Crippen LogP contribution in [0.1, 0.15) is 22.5 Å². The zero-order chi connectivity index (χ0) is 17.1. The average Bonchev–Trinajstić information content (AvgIpc) is 2.86. The molecule has 0 amide bonds. The van der Waals surface area contributed by atoms with Gasteiger partial charge in [-0.25, -0.2) is 4.85 Å². The molecule has 0 unspecified atom stereocenters. The quantitative estimate of drug-likeness (QED) is 0.661. The van der Waals surface area contributed by atoms with E-state index < -0.39 is 0 Å². The molecule has 3 rings (SSSR count). The molecule has 0 atom stereocenters. The zero-order valence-electron chi connectivity index (χ0n) is 13.6. The molecule has 3 aromatic rings. The van der Waals surface area contributed by atoms with Crippen LogP contribution in [0.3, 0.4) is 0 Å². The van der Waals surface area contributed by atoms with Crippen LogP contribution in [0, 0.1) is 31.8 Å². The molecule has 4 heteroatoms. The van der Waals surface area contributed by atoms with Crippen molar-refractivity contribution in [3.05, 3.63) is 82.7 Å². The number of aromatic nitrogens is 2. The topological polar surface area (TPSA) is 46.0 Å². The molecule has 0 saturated carbocycles. The van der Waals surface area contributed by atoms with Gasteiger partial charge < -0.3 is 4.57 Å². The largest absolute Gasteiger partial charge is 0.332 e. The van der Waals surface area contributed by atoms with E-state index in [4.69, 9.17) is 6.57 Å².